The van der Waals surface area contributed by atoms with Crippen LogP contribution in [0.2, 0.25) is 0 Å². The second-order valence-corrected chi connectivity index (χ2v) is 2.51. The lowest BCUT2D eigenvalue weighted by Crippen LogP contribution is -1.83. The van der Waals surface area contributed by atoms with Crippen molar-refractivity contribution in [1.29, 1.82) is 0 Å². The molecule has 0 bridgehead atoms. The molecule has 0 aromatic rings. The fourth-order valence-corrected chi connectivity index (χ4v) is 0.428. The Morgan fingerprint density at radius 3 is 0.789 bits per heavy atom. The van der Waals surface area contributed by atoms with Crippen molar-refractivity contribution in [2.24, 2.45) is 0 Å². The molecular weight excluding hydrogens is 271 g/mol. The monoisotopic (exact) mass is 292 g/mol. The van der Waals surface area contributed by atoms with Gasteiger partial charge in [-0.3, -0.25) is 0 Å². The van der Waals surface area contributed by atoms with Crippen LogP contribution in [-0.4, -0.2) is 33.2 Å². The van der Waals surface area contributed by atoms with Crippen molar-refractivity contribution in [3.8, 4) is 0 Å². The predicted molar refractivity (Wildman–Crippen MR) is 78.5 cm³/mol. The highest BCUT2D eigenvalue weighted by molar-refractivity contribution is 6.92. The van der Waals surface area contributed by atoms with Gasteiger partial charge in [0.2, 0.25) is 0 Å². The van der Waals surface area contributed by atoms with Gasteiger partial charge in [0, 0.05) is 18.2 Å². The smallest absolute Gasteiger partial charge is 0.327 e. The van der Waals surface area contributed by atoms with E-state index in [1.165, 1.54) is 18.2 Å². The van der Waals surface area contributed by atoms with E-state index in [1.807, 2.05) is 0 Å². The highest BCUT2D eigenvalue weighted by Gasteiger charge is 1.77. The summed E-state index contributed by atoms with van der Waals surface area (Å²) >= 11 is 0. The normalized spacial score (nSPS) is 9.00. The van der Waals surface area contributed by atoms with Crippen molar-refractivity contribution in [3.63, 3.8) is 0 Å². The van der Waals surface area contributed by atoms with Crippen LogP contribution in [0.4, 0.5) is 0 Å². The Balaban J connectivity index is -0.0000000865. The third-order valence-corrected chi connectivity index (χ3v) is 0.928. The average Bonchev–Trinajstić information content (AvgIpc) is 2.18. The molecule has 7 heteroatoms. The summed E-state index contributed by atoms with van der Waals surface area (Å²) < 4.78 is 0. The van der Waals surface area contributed by atoms with Gasteiger partial charge in [-0.25, -0.2) is 14.4 Å². The van der Waals surface area contributed by atoms with E-state index < -0.39 is 17.9 Å². The molecule has 0 heterocycles. The zero-order valence-corrected chi connectivity index (χ0v) is 12.7. The molecule has 0 rings (SSSR count). The molecule has 0 aliphatic heterocycles. The highest BCUT2D eigenvalue weighted by atomic mass is 31.0. The first-order valence-corrected chi connectivity index (χ1v) is 4.88. The number of allylic oxidation sites excluding steroid dienone is 3. The van der Waals surface area contributed by atoms with E-state index in [-0.39, 0.29) is 9.90 Å². The molecule has 0 aromatic carbocycles. The maximum atomic E-state index is 9.51. The molecule has 3 N–H and O–H groups in total. The van der Waals surface area contributed by atoms with Gasteiger partial charge in [0.1, 0.15) is 0 Å². The molecule has 0 aliphatic rings. The lowest BCUT2D eigenvalue weighted by atomic mass is 10.5. The molecule has 0 fully saturated rings. The summed E-state index contributed by atoms with van der Waals surface area (Å²) in [7, 11) is 0. The van der Waals surface area contributed by atoms with Gasteiger partial charge in [-0.2, -0.15) is 9.90 Å². The van der Waals surface area contributed by atoms with Gasteiger partial charge in [0.15, 0.2) is 0 Å². The van der Waals surface area contributed by atoms with Gasteiger partial charge in [-0.05, 0) is 20.8 Å². The minimum atomic E-state index is -0.891. The van der Waals surface area contributed by atoms with Crippen molar-refractivity contribution in [1.82, 2.24) is 0 Å². The Hall–Kier alpha value is -1.94. The van der Waals surface area contributed by atoms with Crippen molar-refractivity contribution in [2.75, 3.05) is 0 Å². The maximum absolute atomic E-state index is 9.51. The number of carboxylic acid groups (broad SMARTS) is 3. The van der Waals surface area contributed by atoms with E-state index >= 15 is 0 Å². The van der Waals surface area contributed by atoms with Crippen LogP contribution >= 0.6 is 9.90 Å². The molecule has 1 atom stereocenters. The number of carbonyl (C=O) groups is 3. The minimum Gasteiger partial charge on any atom is -0.478 e. The average molecular weight is 292 g/mol. The minimum absolute atomic E-state index is 0. The van der Waals surface area contributed by atoms with Crippen molar-refractivity contribution < 1.29 is 29.7 Å². The third-order valence-electron chi connectivity index (χ3n) is 0.928. The van der Waals surface area contributed by atoms with Crippen LogP contribution in [-0.2, 0) is 14.4 Å². The van der Waals surface area contributed by atoms with Gasteiger partial charge in [0.05, 0.1) is 0 Å². The summed E-state index contributed by atoms with van der Waals surface area (Å²) in [6.45, 7) is 4.98. The van der Waals surface area contributed by atoms with E-state index in [2.05, 4.69) is 0 Å². The van der Waals surface area contributed by atoms with Crippen molar-refractivity contribution in [2.45, 2.75) is 20.8 Å². The van der Waals surface area contributed by atoms with E-state index in [0.29, 0.717) is 0 Å². The largest absolute Gasteiger partial charge is 0.478 e. The molecule has 0 aliphatic carbocycles. The SMILES string of the molecule is C/C=C/C(=O)O.C/C=C/C(=O)O.C/C=C/C(=O)O.P. The molecule has 0 saturated heterocycles. The molecule has 0 saturated carbocycles. The Labute approximate surface area is 115 Å². The first kappa shape index (κ1) is 25.8. The summed E-state index contributed by atoms with van der Waals surface area (Å²) in [6, 6.07) is 0. The quantitative estimate of drug-likeness (QED) is 0.542. The van der Waals surface area contributed by atoms with Crippen LogP contribution < -0.4 is 0 Å². The van der Waals surface area contributed by atoms with E-state index in [0.717, 1.165) is 18.2 Å². The first-order chi connectivity index (χ1) is 8.31. The highest BCUT2D eigenvalue weighted by Crippen LogP contribution is 1.66. The lowest BCUT2D eigenvalue weighted by Gasteiger charge is -1.68. The molecule has 1 unspecified atom stereocenters. The summed E-state index contributed by atoms with van der Waals surface area (Å²) in [4.78, 5) is 28.5. The second kappa shape index (κ2) is 21.4. The molecule has 19 heavy (non-hydrogen) atoms. The van der Waals surface area contributed by atoms with Gasteiger partial charge in [-0.15, -0.1) is 0 Å². The zero-order chi connectivity index (χ0) is 15.0. The van der Waals surface area contributed by atoms with E-state index in [4.69, 9.17) is 15.3 Å². The summed E-state index contributed by atoms with van der Waals surface area (Å²) in [5.74, 6) is -2.67. The Bertz CT molecular complexity index is 279. The predicted octanol–water partition coefficient (Wildman–Crippen LogP) is 2.00. The number of aliphatic carboxylic acids is 3. The topological polar surface area (TPSA) is 112 Å². The number of hydrogen-bond donors (Lipinski definition) is 3. The third kappa shape index (κ3) is 63.7. The zero-order valence-electron chi connectivity index (χ0n) is 11.2. The molecule has 0 amide bonds. The first-order valence-electron chi connectivity index (χ1n) is 4.88. The molecular formula is C12H21O6P. The van der Waals surface area contributed by atoms with Crippen molar-refractivity contribution in [3.05, 3.63) is 36.5 Å². The van der Waals surface area contributed by atoms with Gasteiger partial charge < -0.3 is 15.3 Å². The van der Waals surface area contributed by atoms with Gasteiger partial charge in [0.25, 0.3) is 0 Å². The standard InChI is InChI=1S/3C4H6O2.H3P/c3*1-2-3-4(5)6;/h3*2-3H,1H3,(H,5,6);1H3/b3*3-2+;. The van der Waals surface area contributed by atoms with Gasteiger partial charge in [-0.1, -0.05) is 18.2 Å². The Morgan fingerprint density at radius 1 is 0.632 bits per heavy atom. The molecule has 0 spiro atoms. The van der Waals surface area contributed by atoms with Crippen LogP contribution in [0, 0.1) is 0 Å². The lowest BCUT2D eigenvalue weighted by molar-refractivity contribution is -0.132. The second-order valence-electron chi connectivity index (χ2n) is 2.51. The van der Waals surface area contributed by atoms with Crippen LogP contribution in [0.1, 0.15) is 20.8 Å². The van der Waals surface area contributed by atoms with Crippen molar-refractivity contribution >= 4 is 27.8 Å². The Kier molecular flexibility index (Phi) is 29.0. The fourth-order valence-electron chi connectivity index (χ4n) is 0.428. The summed E-state index contributed by atoms with van der Waals surface area (Å²) in [5.41, 5.74) is 0. The molecule has 6 nitrogen and oxygen atoms in total. The molecule has 0 radical (unpaired) electrons. The Morgan fingerprint density at radius 2 is 0.789 bits per heavy atom. The maximum Gasteiger partial charge on any atom is 0.327 e. The van der Waals surface area contributed by atoms with Crippen LogP contribution in [0.5, 0.6) is 0 Å². The van der Waals surface area contributed by atoms with Crippen LogP contribution in [0.25, 0.3) is 0 Å². The number of carboxylic acids is 3. The summed E-state index contributed by atoms with van der Waals surface area (Å²) in [6.07, 6.45) is 7.67. The fraction of sp³-hybridized carbons (Fsp3) is 0.250. The van der Waals surface area contributed by atoms with E-state index in [9.17, 15) is 14.4 Å². The summed E-state index contributed by atoms with van der Waals surface area (Å²) in [5, 5.41) is 23.5. The van der Waals surface area contributed by atoms with Crippen LogP contribution in [0.3, 0.4) is 0 Å². The molecule has 110 valence electrons. The number of hydrogen-bond acceptors (Lipinski definition) is 3. The van der Waals surface area contributed by atoms with E-state index in [1.54, 1.807) is 20.8 Å². The molecule has 0 aromatic heterocycles. The van der Waals surface area contributed by atoms with Gasteiger partial charge >= 0.3 is 17.9 Å². The van der Waals surface area contributed by atoms with Crippen LogP contribution in [0.15, 0.2) is 36.5 Å². The number of rotatable bonds is 3.